The number of rotatable bonds is 6. The lowest BCUT2D eigenvalue weighted by atomic mass is 9.88. The van der Waals surface area contributed by atoms with E-state index in [-0.39, 0.29) is 23.8 Å². The van der Waals surface area contributed by atoms with Crippen LogP contribution in [0, 0.1) is 5.92 Å². The Morgan fingerprint density at radius 2 is 1.89 bits per heavy atom. The molecular formula is C12H21NO5S. The number of carbonyl (C=O) groups is 2. The Balaban J connectivity index is 2.74. The van der Waals surface area contributed by atoms with Gasteiger partial charge in [0.05, 0.1) is 23.8 Å². The van der Waals surface area contributed by atoms with Gasteiger partial charge in [-0.2, -0.15) is 0 Å². The molecule has 1 aliphatic rings. The van der Waals surface area contributed by atoms with Gasteiger partial charge in [0.25, 0.3) is 0 Å². The highest BCUT2D eigenvalue weighted by atomic mass is 32.2. The maximum Gasteiger partial charge on any atom is 0.305 e. The number of carboxylic acid groups (broad SMARTS) is 1. The van der Waals surface area contributed by atoms with Gasteiger partial charge < -0.3 is 10.4 Å². The molecule has 1 aliphatic heterocycles. The van der Waals surface area contributed by atoms with E-state index >= 15 is 0 Å². The van der Waals surface area contributed by atoms with E-state index in [0.29, 0.717) is 19.3 Å². The van der Waals surface area contributed by atoms with Crippen molar-refractivity contribution in [2.45, 2.75) is 45.1 Å². The van der Waals surface area contributed by atoms with Crippen molar-refractivity contribution >= 4 is 21.7 Å². The highest BCUT2D eigenvalue weighted by molar-refractivity contribution is 7.91. The highest BCUT2D eigenvalue weighted by Gasteiger charge is 2.37. The summed E-state index contributed by atoms with van der Waals surface area (Å²) in [7, 11) is -3.11. The Morgan fingerprint density at radius 3 is 2.26 bits per heavy atom. The second-order valence-electron chi connectivity index (χ2n) is 5.15. The van der Waals surface area contributed by atoms with Crippen LogP contribution in [0.25, 0.3) is 0 Å². The third-order valence-corrected chi connectivity index (χ3v) is 5.60. The third-order valence-electron chi connectivity index (χ3n) is 3.83. The van der Waals surface area contributed by atoms with E-state index in [4.69, 9.17) is 5.11 Å². The fraction of sp³-hybridized carbons (Fsp3) is 0.833. The molecule has 0 radical (unpaired) electrons. The molecule has 7 heteroatoms. The average molecular weight is 291 g/mol. The molecule has 0 bridgehead atoms. The minimum absolute atomic E-state index is 0.0370. The maximum absolute atomic E-state index is 12.1. The van der Waals surface area contributed by atoms with Crippen LogP contribution in [0.2, 0.25) is 0 Å². The minimum atomic E-state index is -3.11. The van der Waals surface area contributed by atoms with Gasteiger partial charge in [0.1, 0.15) is 0 Å². The zero-order valence-electron chi connectivity index (χ0n) is 11.3. The average Bonchev–Trinajstić information content (AvgIpc) is 2.68. The normalized spacial score (nSPS) is 22.1. The Morgan fingerprint density at radius 1 is 1.32 bits per heavy atom. The number of hydrogen-bond donors (Lipinski definition) is 2. The summed E-state index contributed by atoms with van der Waals surface area (Å²) >= 11 is 0. The summed E-state index contributed by atoms with van der Waals surface area (Å²) < 4.78 is 22.7. The van der Waals surface area contributed by atoms with Crippen molar-refractivity contribution < 1.29 is 23.1 Å². The van der Waals surface area contributed by atoms with Crippen LogP contribution >= 0.6 is 0 Å². The van der Waals surface area contributed by atoms with Crippen molar-refractivity contribution in [2.75, 3.05) is 11.5 Å². The van der Waals surface area contributed by atoms with Crippen molar-refractivity contribution in [2.24, 2.45) is 5.92 Å². The van der Waals surface area contributed by atoms with E-state index in [2.05, 4.69) is 5.32 Å². The Bertz CT molecular complexity index is 453. The van der Waals surface area contributed by atoms with Crippen LogP contribution in [0.4, 0.5) is 0 Å². The maximum atomic E-state index is 12.1. The number of carboxylic acids is 1. The topological polar surface area (TPSA) is 101 Å². The number of amides is 1. The van der Waals surface area contributed by atoms with Crippen molar-refractivity contribution in [1.82, 2.24) is 5.32 Å². The van der Waals surface area contributed by atoms with Gasteiger partial charge in [-0.05, 0) is 19.3 Å². The molecule has 1 saturated heterocycles. The first-order valence-electron chi connectivity index (χ1n) is 6.48. The first-order valence-corrected chi connectivity index (χ1v) is 8.30. The van der Waals surface area contributed by atoms with Crippen LogP contribution < -0.4 is 5.32 Å². The van der Waals surface area contributed by atoms with Gasteiger partial charge >= 0.3 is 5.97 Å². The van der Waals surface area contributed by atoms with Gasteiger partial charge in [-0.3, -0.25) is 9.59 Å². The third kappa shape index (κ3) is 4.19. The van der Waals surface area contributed by atoms with E-state index in [1.165, 1.54) is 0 Å². The van der Waals surface area contributed by atoms with E-state index in [1.807, 2.05) is 13.8 Å². The van der Waals surface area contributed by atoms with Crippen molar-refractivity contribution in [3.8, 4) is 0 Å². The molecule has 0 aromatic carbocycles. The van der Waals surface area contributed by atoms with Gasteiger partial charge in [0.2, 0.25) is 5.91 Å². The van der Waals surface area contributed by atoms with Gasteiger partial charge in [0, 0.05) is 5.54 Å². The van der Waals surface area contributed by atoms with E-state index in [1.54, 1.807) is 0 Å². The summed E-state index contributed by atoms with van der Waals surface area (Å²) in [6, 6.07) is 0. The summed E-state index contributed by atoms with van der Waals surface area (Å²) in [6.45, 7) is 3.64. The van der Waals surface area contributed by atoms with Gasteiger partial charge in [-0.1, -0.05) is 13.8 Å². The molecule has 6 nitrogen and oxygen atoms in total. The van der Waals surface area contributed by atoms with Crippen LogP contribution in [0.15, 0.2) is 0 Å². The highest BCUT2D eigenvalue weighted by Crippen LogP contribution is 2.24. The fourth-order valence-electron chi connectivity index (χ4n) is 2.38. The Hall–Kier alpha value is -1.11. The molecule has 0 aromatic heterocycles. The minimum Gasteiger partial charge on any atom is -0.481 e. The number of aliphatic carboxylic acids is 1. The molecule has 1 rings (SSSR count). The van der Waals surface area contributed by atoms with Crippen molar-refractivity contribution in [1.29, 1.82) is 0 Å². The molecule has 1 unspecified atom stereocenters. The first-order chi connectivity index (χ1) is 8.73. The number of sulfone groups is 1. The summed E-state index contributed by atoms with van der Waals surface area (Å²) in [5.41, 5.74) is -0.782. The van der Waals surface area contributed by atoms with E-state index in [9.17, 15) is 18.0 Å². The van der Waals surface area contributed by atoms with Crippen LogP contribution in [0.5, 0.6) is 0 Å². The zero-order chi connectivity index (χ0) is 14.7. The molecule has 1 atom stereocenters. The predicted molar refractivity (Wildman–Crippen MR) is 70.5 cm³/mol. The van der Waals surface area contributed by atoms with Crippen molar-refractivity contribution in [3.63, 3.8) is 0 Å². The molecule has 110 valence electrons. The zero-order valence-corrected chi connectivity index (χ0v) is 12.1. The summed E-state index contributed by atoms with van der Waals surface area (Å²) in [6.07, 6.45) is 1.18. The molecular weight excluding hydrogens is 270 g/mol. The molecule has 0 saturated carbocycles. The van der Waals surface area contributed by atoms with Gasteiger partial charge in [0.15, 0.2) is 9.84 Å². The number of nitrogens with one attached hydrogen (secondary N) is 1. The standard InChI is InChI=1S/C12H21NO5S/c1-3-12(4-2,7-10(14)15)13-11(16)9-5-6-19(17,18)8-9/h9H,3-8H2,1-2H3,(H,13,16)(H,14,15). The second-order valence-corrected chi connectivity index (χ2v) is 7.38. The lowest BCUT2D eigenvalue weighted by Gasteiger charge is -2.32. The summed E-state index contributed by atoms with van der Waals surface area (Å²) in [5, 5.41) is 11.7. The molecule has 19 heavy (non-hydrogen) atoms. The van der Waals surface area contributed by atoms with Crippen LogP contribution in [0.3, 0.4) is 0 Å². The quantitative estimate of drug-likeness (QED) is 0.745. The second kappa shape index (κ2) is 5.90. The molecule has 1 fully saturated rings. The van der Waals surface area contributed by atoms with E-state index in [0.717, 1.165) is 0 Å². The van der Waals surface area contributed by atoms with Gasteiger partial charge in [-0.25, -0.2) is 8.42 Å². The lowest BCUT2D eigenvalue weighted by Crippen LogP contribution is -2.51. The Labute approximate surface area is 113 Å². The predicted octanol–water partition coefficient (Wildman–Crippen LogP) is 0.571. The molecule has 1 heterocycles. The SMILES string of the molecule is CCC(CC)(CC(=O)O)NC(=O)C1CCS(=O)(=O)C1. The molecule has 2 N–H and O–H groups in total. The van der Waals surface area contributed by atoms with Crippen molar-refractivity contribution in [3.05, 3.63) is 0 Å². The smallest absolute Gasteiger partial charge is 0.305 e. The van der Waals surface area contributed by atoms with Crippen LogP contribution in [-0.4, -0.2) is 42.4 Å². The number of carbonyl (C=O) groups excluding carboxylic acids is 1. The largest absolute Gasteiger partial charge is 0.481 e. The monoisotopic (exact) mass is 291 g/mol. The summed E-state index contributed by atoms with van der Waals surface area (Å²) in [4.78, 5) is 23.0. The summed E-state index contributed by atoms with van der Waals surface area (Å²) in [5.74, 6) is -1.95. The Kier molecular flexibility index (Phi) is 4.95. The van der Waals surface area contributed by atoms with Crippen LogP contribution in [0.1, 0.15) is 39.5 Å². The van der Waals surface area contributed by atoms with Crippen LogP contribution in [-0.2, 0) is 19.4 Å². The lowest BCUT2D eigenvalue weighted by molar-refractivity contribution is -0.139. The number of hydrogen-bond acceptors (Lipinski definition) is 4. The molecule has 0 aliphatic carbocycles. The molecule has 0 spiro atoms. The molecule has 1 amide bonds. The fourth-order valence-corrected chi connectivity index (χ4v) is 4.12. The first kappa shape index (κ1) is 15.9. The molecule has 0 aromatic rings. The van der Waals surface area contributed by atoms with Gasteiger partial charge in [-0.15, -0.1) is 0 Å². The van der Waals surface area contributed by atoms with E-state index < -0.39 is 27.3 Å².